The van der Waals surface area contributed by atoms with Crippen LogP contribution in [0.3, 0.4) is 0 Å². The summed E-state index contributed by atoms with van der Waals surface area (Å²) in [6.07, 6.45) is 9.77. The Morgan fingerprint density at radius 2 is 1.79 bits per heavy atom. The van der Waals surface area contributed by atoms with Crippen LogP contribution >= 0.6 is 0 Å². The smallest absolute Gasteiger partial charge is 0.274 e. The van der Waals surface area contributed by atoms with Crippen LogP contribution < -0.4 is 4.90 Å². The number of fused-ring (bicyclic) bond motifs is 1. The molecule has 0 N–H and O–H groups in total. The summed E-state index contributed by atoms with van der Waals surface area (Å²) in [5.41, 5.74) is 3.52. The highest BCUT2D eigenvalue weighted by molar-refractivity contribution is 6.00. The van der Waals surface area contributed by atoms with Gasteiger partial charge < -0.3 is 19.3 Å². The van der Waals surface area contributed by atoms with Crippen LogP contribution in [-0.2, 0) is 6.54 Å². The average molecular weight is 444 g/mol. The molecule has 5 rings (SSSR count). The minimum absolute atomic E-state index is 0.00799. The van der Waals surface area contributed by atoms with Crippen LogP contribution in [-0.4, -0.2) is 81.5 Å². The van der Waals surface area contributed by atoms with E-state index in [4.69, 9.17) is 4.98 Å². The zero-order valence-electron chi connectivity index (χ0n) is 19.1. The Labute approximate surface area is 193 Å². The fourth-order valence-electron chi connectivity index (χ4n) is 4.30. The number of aromatic nitrogens is 4. The number of nitrogens with zero attached hydrogens (tertiary/aromatic N) is 7. The van der Waals surface area contributed by atoms with Crippen LogP contribution in [0.2, 0.25) is 0 Å². The fraction of sp³-hybridized carbons (Fsp3) is 0.320. The van der Waals surface area contributed by atoms with Crippen molar-refractivity contribution in [1.82, 2.24) is 28.7 Å². The molecule has 1 aliphatic heterocycles. The molecule has 0 radical (unpaired) electrons. The molecule has 1 amide bonds. The second-order valence-electron chi connectivity index (χ2n) is 8.67. The number of rotatable bonds is 6. The molecule has 4 aromatic rings. The third kappa shape index (κ3) is 4.34. The Kier molecular flexibility index (Phi) is 5.83. The van der Waals surface area contributed by atoms with E-state index in [2.05, 4.69) is 51.9 Å². The minimum Gasteiger partial charge on any atom is -0.368 e. The summed E-state index contributed by atoms with van der Waals surface area (Å²) in [7, 11) is 4.14. The van der Waals surface area contributed by atoms with Gasteiger partial charge in [0.15, 0.2) is 5.69 Å². The summed E-state index contributed by atoms with van der Waals surface area (Å²) in [4.78, 5) is 28.8. The molecule has 0 unspecified atom stereocenters. The second-order valence-corrected chi connectivity index (χ2v) is 8.67. The van der Waals surface area contributed by atoms with Gasteiger partial charge >= 0.3 is 0 Å². The van der Waals surface area contributed by atoms with E-state index >= 15 is 0 Å². The molecule has 0 aromatic carbocycles. The molecule has 4 aromatic heterocycles. The summed E-state index contributed by atoms with van der Waals surface area (Å²) in [6.45, 7) is 4.80. The Balaban J connectivity index is 1.37. The third-order valence-electron chi connectivity index (χ3n) is 6.16. The van der Waals surface area contributed by atoms with Crippen LogP contribution in [0.15, 0.2) is 67.4 Å². The summed E-state index contributed by atoms with van der Waals surface area (Å²) in [6, 6.07) is 12.0. The number of anilines is 1. The Morgan fingerprint density at radius 3 is 2.55 bits per heavy atom. The highest BCUT2D eigenvalue weighted by Gasteiger charge is 2.26. The fourth-order valence-corrected chi connectivity index (χ4v) is 4.30. The van der Waals surface area contributed by atoms with Gasteiger partial charge in [-0.05, 0) is 44.4 Å². The number of hydrogen-bond acceptors (Lipinski definition) is 5. The number of likely N-dealkylation sites (N-methyl/N-ethyl adjacent to an activating group) is 1. The Hall–Kier alpha value is -3.65. The number of piperazine rings is 1. The largest absolute Gasteiger partial charge is 0.368 e. The van der Waals surface area contributed by atoms with Gasteiger partial charge in [0.1, 0.15) is 5.82 Å². The third-order valence-corrected chi connectivity index (χ3v) is 6.16. The van der Waals surface area contributed by atoms with Crippen LogP contribution in [0.5, 0.6) is 0 Å². The lowest BCUT2D eigenvalue weighted by atomic mass is 10.2. The van der Waals surface area contributed by atoms with Crippen molar-refractivity contribution in [1.29, 1.82) is 0 Å². The first-order valence-electron chi connectivity index (χ1n) is 11.3. The van der Waals surface area contributed by atoms with E-state index in [-0.39, 0.29) is 5.91 Å². The van der Waals surface area contributed by atoms with E-state index in [0.717, 1.165) is 48.8 Å². The van der Waals surface area contributed by atoms with Gasteiger partial charge in [-0.3, -0.25) is 14.2 Å². The SMILES string of the molecule is CN(C)CCn1ccc(-c2nc(C(=O)N3CCN(c4ccncc4)CC3)c3ccccn23)c1. The molecule has 0 aliphatic carbocycles. The van der Waals surface area contributed by atoms with Gasteiger partial charge in [0.2, 0.25) is 0 Å². The number of pyridine rings is 2. The predicted molar refractivity (Wildman–Crippen MR) is 130 cm³/mol. The van der Waals surface area contributed by atoms with Crippen LogP contribution in [0.1, 0.15) is 10.5 Å². The molecule has 0 saturated carbocycles. The average Bonchev–Trinajstić information content (AvgIpc) is 3.48. The van der Waals surface area contributed by atoms with Gasteiger partial charge in [0.05, 0.1) is 5.52 Å². The van der Waals surface area contributed by atoms with Gasteiger partial charge in [-0.1, -0.05) is 6.07 Å². The quantitative estimate of drug-likeness (QED) is 0.459. The van der Waals surface area contributed by atoms with Crippen molar-refractivity contribution in [2.24, 2.45) is 0 Å². The van der Waals surface area contributed by atoms with Gasteiger partial charge in [-0.2, -0.15) is 0 Å². The minimum atomic E-state index is -0.00799. The van der Waals surface area contributed by atoms with Gasteiger partial charge in [-0.15, -0.1) is 0 Å². The number of imidazole rings is 1. The van der Waals surface area contributed by atoms with E-state index < -0.39 is 0 Å². The molecule has 1 fully saturated rings. The molecule has 1 aliphatic rings. The van der Waals surface area contributed by atoms with Crippen molar-refractivity contribution in [3.8, 4) is 11.4 Å². The molecule has 170 valence electrons. The summed E-state index contributed by atoms with van der Waals surface area (Å²) in [5, 5.41) is 0. The lowest BCUT2D eigenvalue weighted by Gasteiger charge is -2.35. The van der Waals surface area contributed by atoms with E-state index in [9.17, 15) is 4.79 Å². The number of hydrogen-bond donors (Lipinski definition) is 0. The van der Waals surface area contributed by atoms with Crippen LogP contribution in [0.25, 0.3) is 16.9 Å². The monoisotopic (exact) mass is 443 g/mol. The molecule has 5 heterocycles. The molecule has 8 heteroatoms. The number of carbonyl (C=O) groups is 1. The van der Waals surface area contributed by atoms with Gasteiger partial charge in [0.25, 0.3) is 5.91 Å². The normalized spacial score (nSPS) is 14.4. The maximum Gasteiger partial charge on any atom is 0.274 e. The highest BCUT2D eigenvalue weighted by atomic mass is 16.2. The lowest BCUT2D eigenvalue weighted by Crippen LogP contribution is -2.49. The molecule has 1 saturated heterocycles. The zero-order valence-corrected chi connectivity index (χ0v) is 19.1. The molecular formula is C25H29N7O. The topological polar surface area (TPSA) is 61.9 Å². The first kappa shape index (κ1) is 21.2. The molecular weight excluding hydrogens is 414 g/mol. The van der Waals surface area contributed by atoms with E-state index in [1.54, 1.807) is 12.4 Å². The summed E-state index contributed by atoms with van der Waals surface area (Å²) >= 11 is 0. The summed E-state index contributed by atoms with van der Waals surface area (Å²) < 4.78 is 4.19. The standard InChI is InChI=1S/C25H29N7O/c1-28(2)13-14-29-12-8-20(19-29)24-27-23(22-5-3-4-11-32(22)24)25(33)31-17-15-30(16-18-31)21-6-9-26-10-7-21/h3-12,19H,13-18H2,1-2H3. The van der Waals surface area contributed by atoms with Crippen molar-refractivity contribution in [3.63, 3.8) is 0 Å². The Morgan fingerprint density at radius 1 is 1.00 bits per heavy atom. The van der Waals surface area contributed by atoms with Crippen molar-refractivity contribution in [3.05, 3.63) is 73.1 Å². The van der Waals surface area contributed by atoms with Crippen LogP contribution in [0, 0.1) is 0 Å². The van der Waals surface area contributed by atoms with Crippen molar-refractivity contribution >= 4 is 17.1 Å². The maximum absolute atomic E-state index is 13.5. The van der Waals surface area contributed by atoms with Gasteiger partial charge in [-0.25, -0.2) is 4.98 Å². The zero-order chi connectivity index (χ0) is 22.8. The second kappa shape index (κ2) is 9.07. The first-order chi connectivity index (χ1) is 16.1. The molecule has 0 bridgehead atoms. The number of carbonyl (C=O) groups excluding carboxylic acids is 1. The Bertz CT molecular complexity index is 1240. The number of amides is 1. The molecule has 8 nitrogen and oxygen atoms in total. The highest BCUT2D eigenvalue weighted by Crippen LogP contribution is 2.25. The molecule has 33 heavy (non-hydrogen) atoms. The van der Waals surface area contributed by atoms with Gasteiger partial charge in [0, 0.05) is 81.5 Å². The van der Waals surface area contributed by atoms with Crippen LogP contribution in [0.4, 0.5) is 5.69 Å². The van der Waals surface area contributed by atoms with Crippen molar-refractivity contribution < 1.29 is 4.79 Å². The van der Waals surface area contributed by atoms with E-state index in [1.165, 1.54) is 0 Å². The lowest BCUT2D eigenvalue weighted by molar-refractivity contribution is 0.0743. The van der Waals surface area contributed by atoms with Crippen molar-refractivity contribution in [2.45, 2.75) is 6.54 Å². The maximum atomic E-state index is 13.5. The van der Waals surface area contributed by atoms with Crippen molar-refractivity contribution in [2.75, 3.05) is 51.7 Å². The summed E-state index contributed by atoms with van der Waals surface area (Å²) in [5.74, 6) is 0.791. The van der Waals surface area contributed by atoms with E-state index in [1.807, 2.05) is 45.8 Å². The molecule has 0 atom stereocenters. The predicted octanol–water partition coefficient (Wildman–Crippen LogP) is 2.72. The van der Waals surface area contributed by atoms with E-state index in [0.29, 0.717) is 18.8 Å². The molecule has 0 spiro atoms. The first-order valence-corrected chi connectivity index (χ1v) is 11.3.